The maximum Gasteiger partial charge on any atom is 0.0640 e. The van der Waals surface area contributed by atoms with E-state index >= 15 is 0 Å². The van der Waals surface area contributed by atoms with Crippen LogP contribution in [0.25, 0.3) is 146 Å². The van der Waals surface area contributed by atoms with Crippen molar-refractivity contribution in [2.75, 3.05) is 9.80 Å². The predicted molar refractivity (Wildman–Crippen MR) is 408 cm³/mol. The highest BCUT2D eigenvalue weighted by atomic mass is 32.1. The second-order valence-electron chi connectivity index (χ2n) is 25.5. The smallest absolute Gasteiger partial charge is 0.0640 e. The summed E-state index contributed by atoms with van der Waals surface area (Å²) in [6.07, 6.45) is 0. The summed E-state index contributed by atoms with van der Waals surface area (Å²) in [4.78, 5) is 5.02. The minimum absolute atomic E-state index is 0.160. The highest BCUT2D eigenvalue weighted by molar-refractivity contribution is 7.31. The maximum absolute atomic E-state index is 2.54. The van der Waals surface area contributed by atoms with Crippen molar-refractivity contribution in [2.45, 2.75) is 19.3 Å². The molecule has 0 unspecified atom stereocenters. The lowest BCUT2D eigenvalue weighted by atomic mass is 9.82. The van der Waals surface area contributed by atoms with E-state index < -0.39 is 0 Å². The molecule has 1 aliphatic carbocycles. The Morgan fingerprint density at radius 2 is 0.742 bits per heavy atom. The van der Waals surface area contributed by atoms with Gasteiger partial charge in [0.15, 0.2) is 0 Å². The van der Waals surface area contributed by atoms with Crippen molar-refractivity contribution < 1.29 is 0 Å². The number of fused-ring (bicyclic) bond motifs is 20. The lowest BCUT2D eigenvalue weighted by Crippen LogP contribution is -2.16. The topological polar surface area (TPSA) is 6.48 Å². The normalized spacial score (nSPS) is 12.9. The van der Waals surface area contributed by atoms with Gasteiger partial charge in [0.25, 0.3) is 0 Å². The summed E-state index contributed by atoms with van der Waals surface area (Å²) in [5.74, 6) is 0. The van der Waals surface area contributed by atoms with Gasteiger partial charge in [-0.3, -0.25) is 0 Å². The third-order valence-electron chi connectivity index (χ3n) is 20.0. The molecule has 1 aliphatic rings. The molecule has 93 heavy (non-hydrogen) atoms. The first-order chi connectivity index (χ1) is 45.8. The second-order valence-corrected chi connectivity index (χ2v) is 29.7. The van der Waals surface area contributed by atoms with Crippen molar-refractivity contribution in [1.29, 1.82) is 0 Å². The first kappa shape index (κ1) is 53.2. The lowest BCUT2D eigenvalue weighted by Gasteiger charge is -2.29. The van der Waals surface area contributed by atoms with Crippen molar-refractivity contribution in [2.24, 2.45) is 0 Å². The van der Waals surface area contributed by atoms with Gasteiger partial charge in [-0.1, -0.05) is 208 Å². The van der Waals surface area contributed by atoms with Crippen LogP contribution in [-0.4, -0.2) is 0 Å². The Morgan fingerprint density at radius 3 is 1.47 bits per heavy atom. The van der Waals surface area contributed by atoms with Gasteiger partial charge in [0.05, 0.1) is 26.5 Å². The van der Waals surface area contributed by atoms with E-state index in [1.165, 1.54) is 169 Å². The predicted octanol–water partition coefficient (Wildman–Crippen LogP) is 27.2. The number of thiophene rings is 4. The van der Waals surface area contributed by atoms with Gasteiger partial charge < -0.3 is 9.80 Å². The number of benzene rings is 15. The lowest BCUT2D eigenvalue weighted by molar-refractivity contribution is 0.660. The Balaban J connectivity index is 0.714. The van der Waals surface area contributed by atoms with Crippen LogP contribution in [0, 0.1) is 0 Å². The molecule has 0 amide bonds. The van der Waals surface area contributed by atoms with Crippen LogP contribution in [-0.2, 0) is 5.41 Å². The fourth-order valence-corrected chi connectivity index (χ4v) is 20.6. The molecule has 0 aliphatic heterocycles. The fraction of sp³-hybridized carbons (Fsp3) is 0.0345. The van der Waals surface area contributed by atoms with Gasteiger partial charge in [-0.2, -0.15) is 0 Å². The van der Waals surface area contributed by atoms with Crippen LogP contribution in [0.1, 0.15) is 25.0 Å². The fourth-order valence-electron chi connectivity index (χ4n) is 15.5. The summed E-state index contributed by atoms with van der Waals surface area (Å²) in [7, 11) is 0. The summed E-state index contributed by atoms with van der Waals surface area (Å²) in [6.45, 7) is 4.78. The minimum atomic E-state index is -0.160. The summed E-state index contributed by atoms with van der Waals surface area (Å²) < 4.78 is 10.5. The minimum Gasteiger partial charge on any atom is -0.309 e. The Morgan fingerprint density at radius 1 is 0.247 bits per heavy atom. The van der Waals surface area contributed by atoms with E-state index in [1.807, 2.05) is 45.3 Å². The summed E-state index contributed by atoms with van der Waals surface area (Å²) in [5, 5.41) is 18.0. The van der Waals surface area contributed by atoms with Crippen LogP contribution in [0.5, 0.6) is 0 Å². The number of hydrogen-bond donors (Lipinski definition) is 0. The van der Waals surface area contributed by atoms with Gasteiger partial charge in [0.2, 0.25) is 0 Å². The molecule has 20 rings (SSSR count). The maximum atomic E-state index is 2.54. The van der Waals surface area contributed by atoms with Crippen molar-refractivity contribution in [3.63, 3.8) is 0 Å². The average molecular weight is 1260 g/mol. The highest BCUT2D eigenvalue weighted by Gasteiger charge is 2.36. The number of nitrogens with zero attached hydrogens (tertiary/aromatic N) is 2. The first-order valence-electron chi connectivity index (χ1n) is 31.8. The molecule has 4 aromatic heterocycles. The van der Waals surface area contributed by atoms with Gasteiger partial charge in [0.1, 0.15) is 0 Å². The Hall–Kier alpha value is -10.4. The quantitative estimate of drug-likeness (QED) is 0.150. The van der Waals surface area contributed by atoms with Gasteiger partial charge in [-0.05, 0) is 169 Å². The molecule has 436 valence electrons. The SMILES string of the molecule is CC1(C)c2ccccc2-c2ccc(N(c3cccc(-c4ccc5cc6c(cc5c4)sc4c6ccc5sc6c(N(c7ccc(-c8ccccc8)cc7)c7cccc8ccccc78)cccc6c54)c3)c3cccc4c3sc3ccc5c6cc7ccccc7cc6sc5c34)cc21. The zero-order valence-electron chi connectivity index (χ0n) is 50.7. The van der Waals surface area contributed by atoms with E-state index in [0.29, 0.717) is 0 Å². The van der Waals surface area contributed by atoms with Crippen molar-refractivity contribution in [1.82, 2.24) is 0 Å². The molecule has 0 spiro atoms. The van der Waals surface area contributed by atoms with E-state index in [2.05, 4.69) is 315 Å². The number of anilines is 6. The van der Waals surface area contributed by atoms with Gasteiger partial charge in [-0.25, -0.2) is 0 Å². The summed E-state index contributed by atoms with van der Waals surface area (Å²) >= 11 is 7.69. The molecule has 15 aromatic carbocycles. The van der Waals surface area contributed by atoms with E-state index in [0.717, 1.165) is 22.7 Å². The Kier molecular flexibility index (Phi) is 11.6. The molecule has 4 heterocycles. The van der Waals surface area contributed by atoms with E-state index in [4.69, 9.17) is 0 Å². The zero-order valence-corrected chi connectivity index (χ0v) is 54.0. The second kappa shape index (κ2) is 20.3. The number of hydrogen-bond acceptors (Lipinski definition) is 6. The number of rotatable bonds is 8. The van der Waals surface area contributed by atoms with Crippen LogP contribution in [0.3, 0.4) is 0 Å². The van der Waals surface area contributed by atoms with Crippen LogP contribution in [0.15, 0.2) is 291 Å². The monoisotopic (exact) mass is 1250 g/mol. The molecule has 0 saturated carbocycles. The standard InChI is InChI=1S/C87H54N2S4/c1-87(2)72-28-11-10-25-64(72)65-39-38-62(50-73(65)87)88(75-30-14-26-68-81-77(90-83(68)75)42-40-66-70-46-55-19-6-7-20-56(55)48-79(70)92-85(66)81)61-23-12-22-54(45-61)57-32-33-58-47-71-67-41-43-78-82(86(67)93-80(71)49-59(58)44-57)69-27-15-31-76(84(69)91-78)89(74-29-13-21-53-18-8-9-24-63(53)74)60-36-34-52(35-37-60)51-16-4-3-5-17-51/h3-50H,1-2H3. The molecule has 0 radical (unpaired) electrons. The molecule has 0 fully saturated rings. The third kappa shape index (κ3) is 8.09. The molecule has 19 aromatic rings. The van der Waals surface area contributed by atoms with E-state index in [1.54, 1.807) is 0 Å². The molecule has 0 bridgehead atoms. The largest absolute Gasteiger partial charge is 0.309 e. The molecule has 6 heteroatoms. The highest BCUT2D eigenvalue weighted by Crippen LogP contribution is 2.55. The summed E-state index contributed by atoms with van der Waals surface area (Å²) in [6, 6.07) is 110. The average Bonchev–Trinajstić information content (AvgIpc) is 1.60. The van der Waals surface area contributed by atoms with Crippen LogP contribution < -0.4 is 9.80 Å². The molecule has 2 nitrogen and oxygen atoms in total. The third-order valence-corrected chi connectivity index (χ3v) is 24.7. The Bertz CT molecular complexity index is 6350. The van der Waals surface area contributed by atoms with Gasteiger partial charge >= 0.3 is 0 Å². The molecule has 0 atom stereocenters. The van der Waals surface area contributed by atoms with Crippen LogP contribution in [0.2, 0.25) is 0 Å². The van der Waals surface area contributed by atoms with Gasteiger partial charge in [0, 0.05) is 99.2 Å². The van der Waals surface area contributed by atoms with Crippen molar-refractivity contribution >= 4 is 192 Å². The first-order valence-corrected chi connectivity index (χ1v) is 35.1. The molecule has 0 saturated heterocycles. The van der Waals surface area contributed by atoms with Crippen molar-refractivity contribution in [3.05, 3.63) is 302 Å². The van der Waals surface area contributed by atoms with Crippen LogP contribution >= 0.6 is 45.3 Å². The molecular weight excluding hydrogens is 1200 g/mol. The zero-order chi connectivity index (χ0) is 61.2. The summed E-state index contributed by atoms with van der Waals surface area (Å²) in [5.41, 5.74) is 16.9. The molecule has 0 N–H and O–H groups in total. The van der Waals surface area contributed by atoms with Crippen LogP contribution in [0.4, 0.5) is 34.1 Å². The van der Waals surface area contributed by atoms with E-state index in [9.17, 15) is 0 Å². The Labute approximate surface area is 552 Å². The van der Waals surface area contributed by atoms with Crippen molar-refractivity contribution in [3.8, 4) is 33.4 Å². The van der Waals surface area contributed by atoms with E-state index in [-0.39, 0.29) is 5.41 Å². The molecular formula is C87H54N2S4. The van der Waals surface area contributed by atoms with Gasteiger partial charge in [-0.15, -0.1) is 45.3 Å².